The molecule has 0 aromatic carbocycles. The highest BCUT2D eigenvalue weighted by atomic mass is 32.1. The molecule has 0 saturated heterocycles. The van der Waals surface area contributed by atoms with Crippen LogP contribution in [0, 0.1) is 6.92 Å². The van der Waals surface area contributed by atoms with Gasteiger partial charge in [-0.3, -0.25) is 9.78 Å². The second-order valence-electron chi connectivity index (χ2n) is 3.92. The maximum absolute atomic E-state index is 11.9. The Labute approximate surface area is 109 Å². The van der Waals surface area contributed by atoms with Gasteiger partial charge in [0.1, 0.15) is 0 Å². The van der Waals surface area contributed by atoms with Crippen molar-refractivity contribution in [2.75, 3.05) is 6.54 Å². The van der Waals surface area contributed by atoms with Crippen LogP contribution >= 0.6 is 11.3 Å². The van der Waals surface area contributed by atoms with E-state index in [0.717, 1.165) is 5.56 Å². The van der Waals surface area contributed by atoms with Crippen molar-refractivity contribution in [2.45, 2.75) is 13.0 Å². The number of nitrogens with zero attached hydrogens (tertiary/aromatic N) is 1. The third-order valence-electron chi connectivity index (χ3n) is 2.64. The van der Waals surface area contributed by atoms with Gasteiger partial charge >= 0.3 is 0 Å². The molecule has 18 heavy (non-hydrogen) atoms. The lowest BCUT2D eigenvalue weighted by atomic mass is 10.1. The first-order chi connectivity index (χ1) is 8.68. The quantitative estimate of drug-likeness (QED) is 0.884. The van der Waals surface area contributed by atoms with Crippen molar-refractivity contribution >= 4 is 17.2 Å². The number of carbonyl (C=O) groups is 1. The molecule has 2 aromatic heterocycles. The van der Waals surface area contributed by atoms with E-state index in [1.165, 1.54) is 11.3 Å². The fourth-order valence-electron chi connectivity index (χ4n) is 1.59. The minimum absolute atomic E-state index is 0.198. The second kappa shape index (κ2) is 5.75. The van der Waals surface area contributed by atoms with Crippen molar-refractivity contribution in [2.24, 2.45) is 0 Å². The normalized spacial score (nSPS) is 12.1. The van der Waals surface area contributed by atoms with Gasteiger partial charge in [-0.25, -0.2) is 0 Å². The molecule has 94 valence electrons. The van der Waals surface area contributed by atoms with Gasteiger partial charge in [-0.2, -0.15) is 11.3 Å². The van der Waals surface area contributed by atoms with Gasteiger partial charge in [0, 0.05) is 18.4 Å². The number of aliphatic hydroxyl groups is 1. The van der Waals surface area contributed by atoms with E-state index >= 15 is 0 Å². The van der Waals surface area contributed by atoms with Crippen LogP contribution in [0.15, 0.2) is 35.2 Å². The number of pyridine rings is 1. The zero-order chi connectivity index (χ0) is 13.0. The summed E-state index contributed by atoms with van der Waals surface area (Å²) in [6.45, 7) is 1.98. The Kier molecular flexibility index (Phi) is 4.07. The van der Waals surface area contributed by atoms with Crippen LogP contribution in [0.3, 0.4) is 0 Å². The van der Waals surface area contributed by atoms with Crippen molar-refractivity contribution < 1.29 is 9.90 Å². The molecule has 1 amide bonds. The first-order valence-electron chi connectivity index (χ1n) is 5.58. The highest BCUT2D eigenvalue weighted by Crippen LogP contribution is 2.15. The van der Waals surface area contributed by atoms with E-state index in [-0.39, 0.29) is 12.5 Å². The first kappa shape index (κ1) is 12.7. The Morgan fingerprint density at radius 1 is 1.56 bits per heavy atom. The van der Waals surface area contributed by atoms with Crippen LogP contribution in [0.25, 0.3) is 0 Å². The van der Waals surface area contributed by atoms with Crippen LogP contribution < -0.4 is 5.32 Å². The summed E-state index contributed by atoms with van der Waals surface area (Å²) < 4.78 is 0. The highest BCUT2D eigenvalue weighted by Gasteiger charge is 2.12. The molecule has 0 radical (unpaired) electrons. The molecule has 2 N–H and O–H groups in total. The third-order valence-corrected chi connectivity index (χ3v) is 3.34. The summed E-state index contributed by atoms with van der Waals surface area (Å²) in [5.74, 6) is -0.213. The van der Waals surface area contributed by atoms with E-state index in [1.807, 2.05) is 16.8 Å². The molecular weight excluding hydrogens is 248 g/mol. The molecule has 1 atom stereocenters. The number of hydrogen-bond donors (Lipinski definition) is 2. The minimum Gasteiger partial charge on any atom is -0.387 e. The van der Waals surface area contributed by atoms with E-state index in [2.05, 4.69) is 10.3 Å². The Morgan fingerprint density at radius 2 is 2.39 bits per heavy atom. The number of aryl methyl sites for hydroxylation is 1. The van der Waals surface area contributed by atoms with Crippen LogP contribution in [-0.4, -0.2) is 22.5 Å². The van der Waals surface area contributed by atoms with Crippen LogP contribution in [0.1, 0.15) is 27.7 Å². The summed E-state index contributed by atoms with van der Waals surface area (Å²) in [7, 11) is 0. The summed E-state index contributed by atoms with van der Waals surface area (Å²) in [6, 6.07) is 5.28. The Balaban J connectivity index is 1.95. The summed E-state index contributed by atoms with van der Waals surface area (Å²) in [6.07, 6.45) is 0.976. The largest absolute Gasteiger partial charge is 0.387 e. The lowest BCUT2D eigenvalue weighted by Gasteiger charge is -2.11. The topological polar surface area (TPSA) is 62.2 Å². The van der Waals surface area contributed by atoms with Gasteiger partial charge in [0.25, 0.3) is 5.91 Å². The van der Waals surface area contributed by atoms with Gasteiger partial charge in [0.2, 0.25) is 0 Å². The Morgan fingerprint density at radius 3 is 3.06 bits per heavy atom. The smallest absolute Gasteiger partial charge is 0.253 e. The Hall–Kier alpha value is -1.72. The predicted octanol–water partition coefficient (Wildman–Crippen LogP) is 1.91. The SMILES string of the molecule is Cc1ncccc1C(=O)NCC(O)c1ccsc1. The fourth-order valence-corrected chi connectivity index (χ4v) is 2.30. The van der Waals surface area contributed by atoms with Gasteiger partial charge in [-0.15, -0.1) is 0 Å². The molecule has 2 rings (SSSR count). The van der Waals surface area contributed by atoms with Crippen molar-refractivity contribution in [3.63, 3.8) is 0 Å². The number of nitrogens with one attached hydrogen (secondary N) is 1. The van der Waals surface area contributed by atoms with Gasteiger partial charge in [0.05, 0.1) is 11.7 Å². The third kappa shape index (κ3) is 2.94. The number of rotatable bonds is 4. The van der Waals surface area contributed by atoms with E-state index < -0.39 is 6.10 Å². The standard InChI is InChI=1S/C13H14N2O2S/c1-9-11(3-2-5-14-9)13(17)15-7-12(16)10-4-6-18-8-10/h2-6,8,12,16H,7H2,1H3,(H,15,17). The highest BCUT2D eigenvalue weighted by molar-refractivity contribution is 7.07. The predicted molar refractivity (Wildman–Crippen MR) is 70.6 cm³/mol. The van der Waals surface area contributed by atoms with Crippen LogP contribution in [0.4, 0.5) is 0 Å². The maximum atomic E-state index is 11.9. The molecule has 1 unspecified atom stereocenters. The van der Waals surface area contributed by atoms with E-state index in [4.69, 9.17) is 0 Å². The average Bonchev–Trinajstić information content (AvgIpc) is 2.90. The van der Waals surface area contributed by atoms with Gasteiger partial charge in [-0.05, 0) is 41.4 Å². The average molecular weight is 262 g/mol. The molecule has 0 fully saturated rings. The Bertz CT molecular complexity index is 526. The molecular formula is C13H14N2O2S. The summed E-state index contributed by atoms with van der Waals surface area (Å²) in [5, 5.41) is 16.3. The number of hydrogen-bond acceptors (Lipinski definition) is 4. The van der Waals surface area contributed by atoms with Gasteiger partial charge < -0.3 is 10.4 Å². The summed E-state index contributed by atoms with van der Waals surface area (Å²) in [5.41, 5.74) is 2.04. The summed E-state index contributed by atoms with van der Waals surface area (Å²) >= 11 is 1.52. The van der Waals surface area contributed by atoms with E-state index in [0.29, 0.717) is 11.3 Å². The van der Waals surface area contributed by atoms with Crippen LogP contribution in [0.5, 0.6) is 0 Å². The van der Waals surface area contributed by atoms with Gasteiger partial charge in [-0.1, -0.05) is 0 Å². The number of thiophene rings is 1. The van der Waals surface area contributed by atoms with Crippen LogP contribution in [-0.2, 0) is 0 Å². The lowest BCUT2D eigenvalue weighted by Crippen LogP contribution is -2.28. The van der Waals surface area contributed by atoms with E-state index in [9.17, 15) is 9.90 Å². The van der Waals surface area contributed by atoms with Crippen molar-refractivity contribution in [1.29, 1.82) is 0 Å². The number of amides is 1. The number of aliphatic hydroxyl groups excluding tert-OH is 1. The molecule has 0 spiro atoms. The minimum atomic E-state index is -0.669. The monoisotopic (exact) mass is 262 g/mol. The van der Waals surface area contributed by atoms with Crippen molar-refractivity contribution in [1.82, 2.24) is 10.3 Å². The molecule has 0 aliphatic carbocycles. The molecule has 4 nitrogen and oxygen atoms in total. The molecule has 2 aromatic rings. The second-order valence-corrected chi connectivity index (χ2v) is 4.70. The zero-order valence-corrected chi connectivity index (χ0v) is 10.8. The van der Waals surface area contributed by atoms with Gasteiger partial charge in [0.15, 0.2) is 0 Å². The first-order valence-corrected chi connectivity index (χ1v) is 6.52. The lowest BCUT2D eigenvalue weighted by molar-refractivity contribution is 0.0915. The molecule has 0 aliphatic rings. The molecule has 2 heterocycles. The zero-order valence-electron chi connectivity index (χ0n) is 9.96. The maximum Gasteiger partial charge on any atom is 0.253 e. The fraction of sp³-hybridized carbons (Fsp3) is 0.231. The molecule has 0 aliphatic heterocycles. The molecule has 0 saturated carbocycles. The molecule has 5 heteroatoms. The van der Waals surface area contributed by atoms with Crippen molar-refractivity contribution in [3.05, 3.63) is 52.0 Å². The number of carbonyl (C=O) groups excluding carboxylic acids is 1. The van der Waals surface area contributed by atoms with Crippen molar-refractivity contribution in [3.8, 4) is 0 Å². The molecule has 0 bridgehead atoms. The summed E-state index contributed by atoms with van der Waals surface area (Å²) in [4.78, 5) is 15.9. The van der Waals surface area contributed by atoms with Crippen LogP contribution in [0.2, 0.25) is 0 Å². The number of aromatic nitrogens is 1. The van der Waals surface area contributed by atoms with E-state index in [1.54, 1.807) is 25.3 Å².